The maximum atomic E-state index is 6.11. The molecule has 0 unspecified atom stereocenters. The van der Waals surface area contributed by atoms with Crippen LogP contribution in [0.25, 0.3) is 0 Å². The topological polar surface area (TPSA) is 6.48 Å². The minimum Gasteiger partial charge on any atom is -0.369 e. The lowest BCUT2D eigenvalue weighted by Gasteiger charge is -2.36. The molecule has 1 fully saturated rings. The van der Waals surface area contributed by atoms with Crippen LogP contribution in [0.5, 0.6) is 0 Å². The summed E-state index contributed by atoms with van der Waals surface area (Å²) < 4.78 is 1.14. The summed E-state index contributed by atoms with van der Waals surface area (Å²) in [5.41, 5.74) is 2.49. The van der Waals surface area contributed by atoms with Gasteiger partial charge in [-0.25, -0.2) is 0 Å². The molecule has 116 valence electrons. The standard InChI is InChI=1S/C17H17BrCl2N2/c18-14-3-1-2-13(10-14)12-21-6-8-22(9-7-21)15-4-5-16(19)17(20)11-15/h1-5,10-11H,6-9,12H2. The van der Waals surface area contributed by atoms with Gasteiger partial charge in [-0.15, -0.1) is 0 Å². The number of benzene rings is 2. The molecule has 2 aromatic carbocycles. The molecule has 1 aliphatic rings. The normalized spacial score (nSPS) is 16.0. The summed E-state index contributed by atoms with van der Waals surface area (Å²) in [5.74, 6) is 0. The van der Waals surface area contributed by atoms with E-state index in [9.17, 15) is 0 Å². The van der Waals surface area contributed by atoms with Crippen LogP contribution in [0.4, 0.5) is 5.69 Å². The Kier molecular flexibility index (Phi) is 5.29. The quantitative estimate of drug-likeness (QED) is 0.710. The first-order valence-electron chi connectivity index (χ1n) is 7.28. The predicted molar refractivity (Wildman–Crippen MR) is 98.1 cm³/mol. The van der Waals surface area contributed by atoms with Gasteiger partial charge in [-0.2, -0.15) is 0 Å². The molecule has 1 aliphatic heterocycles. The van der Waals surface area contributed by atoms with Gasteiger partial charge in [0.25, 0.3) is 0 Å². The van der Waals surface area contributed by atoms with Crippen molar-refractivity contribution in [3.05, 3.63) is 62.5 Å². The highest BCUT2D eigenvalue weighted by molar-refractivity contribution is 9.10. The van der Waals surface area contributed by atoms with Crippen LogP contribution >= 0.6 is 39.1 Å². The van der Waals surface area contributed by atoms with Gasteiger partial charge < -0.3 is 4.90 Å². The maximum Gasteiger partial charge on any atom is 0.0612 e. The molecule has 0 N–H and O–H groups in total. The van der Waals surface area contributed by atoms with Crippen molar-refractivity contribution < 1.29 is 0 Å². The van der Waals surface area contributed by atoms with Crippen LogP contribution in [0.15, 0.2) is 46.9 Å². The van der Waals surface area contributed by atoms with Crippen molar-refractivity contribution in [2.75, 3.05) is 31.1 Å². The highest BCUT2D eigenvalue weighted by Gasteiger charge is 2.18. The number of halogens is 3. The van der Waals surface area contributed by atoms with Gasteiger partial charge in [-0.3, -0.25) is 4.90 Å². The zero-order chi connectivity index (χ0) is 15.5. The summed E-state index contributed by atoms with van der Waals surface area (Å²) in [6.45, 7) is 5.10. The molecule has 1 heterocycles. The van der Waals surface area contributed by atoms with Crippen molar-refractivity contribution >= 4 is 44.8 Å². The van der Waals surface area contributed by atoms with Gasteiger partial charge in [0.15, 0.2) is 0 Å². The number of hydrogen-bond acceptors (Lipinski definition) is 2. The lowest BCUT2D eigenvalue weighted by molar-refractivity contribution is 0.250. The molecule has 0 amide bonds. The summed E-state index contributed by atoms with van der Waals surface area (Å²) in [6.07, 6.45) is 0. The van der Waals surface area contributed by atoms with Crippen molar-refractivity contribution in [1.82, 2.24) is 4.90 Å². The molecule has 0 aromatic heterocycles. The average Bonchev–Trinajstić information content (AvgIpc) is 2.51. The maximum absolute atomic E-state index is 6.11. The number of nitrogens with zero attached hydrogens (tertiary/aromatic N) is 2. The first-order chi connectivity index (χ1) is 10.6. The molecule has 1 saturated heterocycles. The average molecular weight is 400 g/mol. The van der Waals surface area contributed by atoms with E-state index >= 15 is 0 Å². The second kappa shape index (κ2) is 7.22. The van der Waals surface area contributed by atoms with Crippen LogP contribution in [-0.2, 0) is 6.54 Å². The van der Waals surface area contributed by atoms with E-state index < -0.39 is 0 Å². The molecule has 0 atom stereocenters. The molecule has 22 heavy (non-hydrogen) atoms. The van der Waals surface area contributed by atoms with Gasteiger partial charge in [0, 0.05) is 42.9 Å². The van der Waals surface area contributed by atoms with Crippen LogP contribution in [0.1, 0.15) is 5.56 Å². The number of piperazine rings is 1. The Morgan fingerprint density at radius 2 is 1.68 bits per heavy atom. The first-order valence-corrected chi connectivity index (χ1v) is 8.83. The van der Waals surface area contributed by atoms with E-state index in [0.29, 0.717) is 10.0 Å². The van der Waals surface area contributed by atoms with Crippen LogP contribution in [0.2, 0.25) is 10.0 Å². The zero-order valence-corrected chi connectivity index (χ0v) is 15.2. The zero-order valence-electron chi connectivity index (χ0n) is 12.1. The monoisotopic (exact) mass is 398 g/mol. The second-order valence-corrected chi connectivity index (χ2v) is 7.22. The largest absolute Gasteiger partial charge is 0.369 e. The van der Waals surface area contributed by atoms with Crippen LogP contribution in [0, 0.1) is 0 Å². The molecular weight excluding hydrogens is 383 g/mol. The summed E-state index contributed by atoms with van der Waals surface area (Å²) >= 11 is 15.6. The van der Waals surface area contributed by atoms with Crippen molar-refractivity contribution in [3.63, 3.8) is 0 Å². The second-order valence-electron chi connectivity index (χ2n) is 5.49. The SMILES string of the molecule is Clc1ccc(N2CCN(Cc3cccc(Br)c3)CC2)cc1Cl. The molecule has 0 saturated carbocycles. The number of anilines is 1. The van der Waals surface area contributed by atoms with E-state index in [1.165, 1.54) is 5.56 Å². The summed E-state index contributed by atoms with van der Waals surface area (Å²) in [5, 5.41) is 1.23. The fourth-order valence-corrected chi connectivity index (χ4v) is 3.48. The minimum absolute atomic E-state index is 0.610. The molecule has 2 aromatic rings. The Morgan fingerprint density at radius 3 is 2.36 bits per heavy atom. The fourth-order valence-electron chi connectivity index (χ4n) is 2.74. The smallest absolute Gasteiger partial charge is 0.0612 e. The Hall–Kier alpha value is -0.740. The molecule has 0 bridgehead atoms. The molecule has 5 heteroatoms. The third kappa shape index (κ3) is 3.96. The Labute approximate surface area is 149 Å². The Morgan fingerprint density at radius 1 is 0.909 bits per heavy atom. The van der Waals surface area contributed by atoms with Gasteiger partial charge >= 0.3 is 0 Å². The summed E-state index contributed by atoms with van der Waals surface area (Å²) in [6, 6.07) is 14.4. The van der Waals surface area contributed by atoms with Gasteiger partial charge in [0.05, 0.1) is 10.0 Å². The highest BCUT2D eigenvalue weighted by Crippen LogP contribution is 2.28. The predicted octanol–water partition coefficient (Wildman–Crippen LogP) is 5.08. The van der Waals surface area contributed by atoms with Crippen molar-refractivity contribution in [2.45, 2.75) is 6.54 Å². The van der Waals surface area contributed by atoms with Gasteiger partial charge in [0.1, 0.15) is 0 Å². The Bertz CT molecular complexity index is 655. The minimum atomic E-state index is 0.610. The molecular formula is C17H17BrCl2N2. The number of rotatable bonds is 3. The highest BCUT2D eigenvalue weighted by atomic mass is 79.9. The summed E-state index contributed by atoms with van der Waals surface area (Å²) in [4.78, 5) is 4.84. The van der Waals surface area contributed by atoms with E-state index in [-0.39, 0.29) is 0 Å². The van der Waals surface area contributed by atoms with Crippen molar-refractivity contribution in [3.8, 4) is 0 Å². The van der Waals surface area contributed by atoms with Crippen LogP contribution in [-0.4, -0.2) is 31.1 Å². The summed E-state index contributed by atoms with van der Waals surface area (Å²) in [7, 11) is 0. The third-order valence-corrected chi connectivity index (χ3v) is 5.17. The van der Waals surface area contributed by atoms with Gasteiger partial charge in [0.2, 0.25) is 0 Å². The van der Waals surface area contributed by atoms with Crippen LogP contribution < -0.4 is 4.90 Å². The molecule has 2 nitrogen and oxygen atoms in total. The van der Waals surface area contributed by atoms with E-state index in [4.69, 9.17) is 23.2 Å². The lowest BCUT2D eigenvalue weighted by atomic mass is 10.2. The molecule has 0 aliphatic carbocycles. The first kappa shape index (κ1) is 16.1. The van der Waals surface area contributed by atoms with Crippen molar-refractivity contribution in [1.29, 1.82) is 0 Å². The van der Waals surface area contributed by atoms with E-state index in [2.05, 4.69) is 50.0 Å². The van der Waals surface area contributed by atoms with Gasteiger partial charge in [-0.1, -0.05) is 51.3 Å². The molecule has 0 radical (unpaired) electrons. The van der Waals surface area contributed by atoms with E-state index in [1.54, 1.807) is 0 Å². The van der Waals surface area contributed by atoms with Gasteiger partial charge in [-0.05, 0) is 35.9 Å². The molecule has 3 rings (SSSR count). The fraction of sp³-hybridized carbons (Fsp3) is 0.294. The molecule has 0 spiro atoms. The van der Waals surface area contributed by atoms with E-state index in [0.717, 1.165) is 42.9 Å². The Balaban J connectivity index is 1.59. The third-order valence-electron chi connectivity index (χ3n) is 3.94. The van der Waals surface area contributed by atoms with E-state index in [1.807, 2.05) is 18.2 Å². The number of hydrogen-bond donors (Lipinski definition) is 0. The lowest BCUT2D eigenvalue weighted by Crippen LogP contribution is -2.45. The van der Waals surface area contributed by atoms with Crippen LogP contribution in [0.3, 0.4) is 0 Å². The van der Waals surface area contributed by atoms with Crippen molar-refractivity contribution in [2.24, 2.45) is 0 Å².